The summed E-state index contributed by atoms with van der Waals surface area (Å²) in [4.78, 5) is 14.7. The normalized spacial score (nSPS) is 10.9. The largest absolute Gasteiger partial charge is 0.382 e. The lowest BCUT2D eigenvalue weighted by Crippen LogP contribution is -2.07. The Bertz CT molecular complexity index is 1150. The van der Waals surface area contributed by atoms with Gasteiger partial charge in [0.25, 0.3) is 0 Å². The van der Waals surface area contributed by atoms with E-state index in [9.17, 15) is 4.39 Å². The minimum atomic E-state index is -0.223. The van der Waals surface area contributed by atoms with Crippen molar-refractivity contribution < 1.29 is 4.39 Å². The summed E-state index contributed by atoms with van der Waals surface area (Å²) in [5.74, 6) is 0.522. The zero-order valence-corrected chi connectivity index (χ0v) is 18.6. The molecule has 4 aromatic rings. The predicted octanol–water partition coefficient (Wildman–Crippen LogP) is 6.12. The number of thiazole rings is 2. The Morgan fingerprint density at radius 1 is 1.07 bits per heavy atom. The van der Waals surface area contributed by atoms with Crippen LogP contribution in [0.2, 0.25) is 0 Å². The van der Waals surface area contributed by atoms with Crippen molar-refractivity contribution in [2.75, 3.05) is 17.2 Å². The molecule has 8 heteroatoms. The number of rotatable bonds is 7. The number of pyridine rings is 1. The van der Waals surface area contributed by atoms with Gasteiger partial charge in [-0.1, -0.05) is 12.1 Å². The maximum atomic E-state index is 13.9. The molecule has 0 spiro atoms. The maximum Gasteiger partial charge on any atom is 0.188 e. The minimum Gasteiger partial charge on any atom is -0.382 e. The molecule has 30 heavy (non-hydrogen) atoms. The molecule has 5 nitrogen and oxygen atoms in total. The molecule has 0 fully saturated rings. The van der Waals surface area contributed by atoms with Crippen molar-refractivity contribution >= 4 is 39.3 Å². The average Bonchev–Trinajstić information content (AvgIpc) is 3.30. The van der Waals surface area contributed by atoms with Crippen molar-refractivity contribution in [3.05, 3.63) is 69.6 Å². The Hall–Kier alpha value is -2.84. The summed E-state index contributed by atoms with van der Waals surface area (Å²) >= 11 is 3.20. The van der Waals surface area contributed by atoms with E-state index in [-0.39, 0.29) is 5.82 Å². The second-order valence-electron chi connectivity index (χ2n) is 7.02. The predicted molar refractivity (Wildman–Crippen MR) is 124 cm³/mol. The van der Waals surface area contributed by atoms with Crippen molar-refractivity contribution in [2.45, 2.75) is 27.2 Å². The summed E-state index contributed by atoms with van der Waals surface area (Å²) in [6.45, 7) is 6.53. The molecule has 0 bridgehead atoms. The van der Waals surface area contributed by atoms with E-state index in [4.69, 9.17) is 0 Å². The van der Waals surface area contributed by atoms with E-state index in [1.807, 2.05) is 50.5 Å². The molecular weight excluding hydrogens is 417 g/mol. The van der Waals surface area contributed by atoms with Gasteiger partial charge in [0.05, 0.1) is 27.0 Å². The highest BCUT2D eigenvalue weighted by molar-refractivity contribution is 7.16. The minimum absolute atomic E-state index is 0.223. The lowest BCUT2D eigenvalue weighted by molar-refractivity contribution is 0.629. The summed E-state index contributed by atoms with van der Waals surface area (Å²) in [5, 5.41) is 10.3. The van der Waals surface area contributed by atoms with Crippen LogP contribution < -0.4 is 10.6 Å². The second kappa shape index (κ2) is 8.89. The van der Waals surface area contributed by atoms with E-state index in [1.165, 1.54) is 6.07 Å². The van der Waals surface area contributed by atoms with E-state index in [1.54, 1.807) is 28.7 Å². The molecule has 154 valence electrons. The Morgan fingerprint density at radius 2 is 1.93 bits per heavy atom. The SMILES string of the molecule is Cc1ccc(NCCc2ccc(Nc3nc(-c4sc(C)nc4C)cs3)nc2)c(F)c1. The lowest BCUT2D eigenvalue weighted by Gasteiger charge is -2.08. The zero-order valence-electron chi connectivity index (χ0n) is 17.0. The highest BCUT2D eigenvalue weighted by Gasteiger charge is 2.12. The Balaban J connectivity index is 1.33. The number of hydrogen-bond donors (Lipinski definition) is 2. The molecular formula is C22H22FN5S2. The molecule has 0 amide bonds. The van der Waals surface area contributed by atoms with Gasteiger partial charge in [0.15, 0.2) is 5.13 Å². The molecule has 2 N–H and O–H groups in total. The molecule has 0 aliphatic rings. The summed E-state index contributed by atoms with van der Waals surface area (Å²) in [5.41, 5.74) is 4.47. The number of benzene rings is 1. The highest BCUT2D eigenvalue weighted by Crippen LogP contribution is 2.32. The monoisotopic (exact) mass is 439 g/mol. The number of hydrogen-bond acceptors (Lipinski definition) is 7. The summed E-state index contributed by atoms with van der Waals surface area (Å²) in [6.07, 6.45) is 2.59. The number of nitrogens with one attached hydrogen (secondary N) is 2. The first-order chi connectivity index (χ1) is 14.5. The first-order valence-corrected chi connectivity index (χ1v) is 11.3. The molecule has 0 saturated carbocycles. The van der Waals surface area contributed by atoms with Gasteiger partial charge in [0.1, 0.15) is 11.6 Å². The molecule has 0 radical (unpaired) electrons. The van der Waals surface area contributed by atoms with Crippen molar-refractivity contribution in [1.29, 1.82) is 0 Å². The van der Waals surface area contributed by atoms with E-state index in [2.05, 4.69) is 25.6 Å². The smallest absolute Gasteiger partial charge is 0.188 e. The third-order valence-corrected chi connectivity index (χ3v) is 6.41. The van der Waals surface area contributed by atoms with E-state index >= 15 is 0 Å². The number of halogens is 1. The average molecular weight is 440 g/mol. The van der Waals surface area contributed by atoms with Crippen LogP contribution in [-0.4, -0.2) is 21.5 Å². The van der Waals surface area contributed by atoms with E-state index in [0.717, 1.165) is 49.8 Å². The van der Waals surface area contributed by atoms with Gasteiger partial charge in [-0.25, -0.2) is 19.3 Å². The quantitative estimate of drug-likeness (QED) is 0.363. The van der Waals surface area contributed by atoms with Crippen LogP contribution in [0.15, 0.2) is 41.9 Å². The first-order valence-electron chi connectivity index (χ1n) is 9.60. The van der Waals surface area contributed by atoms with Crippen LogP contribution in [0.25, 0.3) is 10.6 Å². The van der Waals surface area contributed by atoms with Gasteiger partial charge in [-0.3, -0.25) is 0 Å². The third-order valence-electron chi connectivity index (χ3n) is 4.55. The standard InChI is InChI=1S/C22H22FN5S2/c1-13-4-6-18(17(23)10-13)24-9-8-16-5-7-20(25-11-16)28-22-27-19(12-29-22)21-14(2)26-15(3)30-21/h4-7,10-12,24H,8-9H2,1-3H3,(H,25,27,28). The topological polar surface area (TPSA) is 62.7 Å². The molecule has 4 rings (SSSR count). The van der Waals surface area contributed by atoms with Gasteiger partial charge in [-0.2, -0.15) is 0 Å². The Morgan fingerprint density at radius 3 is 2.63 bits per heavy atom. The maximum absolute atomic E-state index is 13.9. The zero-order chi connectivity index (χ0) is 21.1. The van der Waals surface area contributed by atoms with Crippen LogP contribution in [0.3, 0.4) is 0 Å². The van der Waals surface area contributed by atoms with Crippen LogP contribution in [-0.2, 0) is 6.42 Å². The van der Waals surface area contributed by atoms with Crippen molar-refractivity contribution in [2.24, 2.45) is 0 Å². The van der Waals surface area contributed by atoms with Gasteiger partial charge in [0.2, 0.25) is 0 Å². The highest BCUT2D eigenvalue weighted by atomic mass is 32.1. The molecule has 3 heterocycles. The van der Waals surface area contributed by atoms with E-state index in [0.29, 0.717) is 12.2 Å². The molecule has 3 aromatic heterocycles. The fraction of sp³-hybridized carbons (Fsp3) is 0.227. The molecule has 1 aromatic carbocycles. The van der Waals surface area contributed by atoms with Crippen LogP contribution in [0, 0.1) is 26.6 Å². The van der Waals surface area contributed by atoms with Gasteiger partial charge < -0.3 is 10.6 Å². The molecule has 0 saturated heterocycles. The fourth-order valence-electron chi connectivity index (χ4n) is 3.07. The molecule has 0 unspecified atom stereocenters. The number of aryl methyl sites for hydroxylation is 3. The number of nitrogens with zero attached hydrogens (tertiary/aromatic N) is 3. The summed E-state index contributed by atoms with van der Waals surface area (Å²) in [6, 6.07) is 9.16. The van der Waals surface area contributed by atoms with Crippen LogP contribution in [0.1, 0.15) is 21.8 Å². The number of anilines is 3. The van der Waals surface area contributed by atoms with Gasteiger partial charge in [-0.15, -0.1) is 22.7 Å². The second-order valence-corrected chi connectivity index (χ2v) is 9.08. The van der Waals surface area contributed by atoms with Crippen molar-refractivity contribution in [3.63, 3.8) is 0 Å². The summed E-state index contributed by atoms with van der Waals surface area (Å²) in [7, 11) is 0. The lowest BCUT2D eigenvalue weighted by atomic mass is 10.2. The van der Waals surface area contributed by atoms with Gasteiger partial charge in [-0.05, 0) is 56.5 Å². The van der Waals surface area contributed by atoms with Gasteiger partial charge in [0, 0.05) is 18.1 Å². The van der Waals surface area contributed by atoms with Gasteiger partial charge >= 0.3 is 0 Å². The third kappa shape index (κ3) is 4.83. The Labute approximate surface area is 183 Å². The van der Waals surface area contributed by atoms with Crippen molar-refractivity contribution in [1.82, 2.24) is 15.0 Å². The van der Waals surface area contributed by atoms with Crippen LogP contribution >= 0.6 is 22.7 Å². The summed E-state index contributed by atoms with van der Waals surface area (Å²) < 4.78 is 13.9. The molecule has 0 atom stereocenters. The van der Waals surface area contributed by atoms with Crippen molar-refractivity contribution in [3.8, 4) is 10.6 Å². The number of aromatic nitrogens is 3. The van der Waals surface area contributed by atoms with Crippen LogP contribution in [0.4, 0.5) is 21.0 Å². The first kappa shape index (κ1) is 20.4. The van der Waals surface area contributed by atoms with E-state index < -0.39 is 0 Å². The Kier molecular flexibility index (Phi) is 6.06. The molecule has 0 aliphatic heterocycles. The van der Waals surface area contributed by atoms with Crippen LogP contribution in [0.5, 0.6) is 0 Å². The fourth-order valence-corrected chi connectivity index (χ4v) is 4.73. The molecule has 0 aliphatic carbocycles.